The second-order valence-corrected chi connectivity index (χ2v) is 10.8. The third-order valence-corrected chi connectivity index (χ3v) is 5.51. The Morgan fingerprint density at radius 2 is 1.81 bits per heavy atom. The number of hydrogen-bond donors (Lipinski definition) is 3. The quantitative estimate of drug-likeness (QED) is 0.382. The van der Waals surface area contributed by atoms with Gasteiger partial charge in [-0.1, -0.05) is 13.0 Å². The molecule has 2 atom stereocenters. The van der Waals surface area contributed by atoms with Crippen LogP contribution in [0.3, 0.4) is 0 Å². The fourth-order valence-electron chi connectivity index (χ4n) is 3.84. The van der Waals surface area contributed by atoms with Crippen molar-refractivity contribution in [3.8, 4) is 16.9 Å². The molecule has 2 rings (SSSR count). The Labute approximate surface area is 214 Å². The Hall–Kier alpha value is -3.17. The van der Waals surface area contributed by atoms with E-state index in [1.54, 1.807) is 12.3 Å². The van der Waals surface area contributed by atoms with E-state index >= 15 is 0 Å². The Balaban J connectivity index is 2.36. The van der Waals surface area contributed by atoms with Gasteiger partial charge >= 0.3 is 12.1 Å². The summed E-state index contributed by atoms with van der Waals surface area (Å²) in [7, 11) is 3.93. The first-order chi connectivity index (χ1) is 16.7. The first-order valence-electron chi connectivity index (χ1n) is 12.0. The van der Waals surface area contributed by atoms with Gasteiger partial charge in [-0.25, -0.2) is 9.78 Å². The predicted octanol–water partition coefficient (Wildman–Crippen LogP) is 4.61. The Bertz CT molecular complexity index is 1050. The van der Waals surface area contributed by atoms with Crippen molar-refractivity contribution in [3.63, 3.8) is 0 Å². The predicted molar refractivity (Wildman–Crippen MR) is 141 cm³/mol. The highest BCUT2D eigenvalue weighted by atomic mass is 16.6. The summed E-state index contributed by atoms with van der Waals surface area (Å²) < 4.78 is 12.0. The van der Waals surface area contributed by atoms with Crippen molar-refractivity contribution >= 4 is 17.9 Å². The molecule has 198 valence electrons. The van der Waals surface area contributed by atoms with Gasteiger partial charge in [0.1, 0.15) is 23.8 Å². The highest BCUT2D eigenvalue weighted by Crippen LogP contribution is 2.33. The second kappa shape index (κ2) is 12.2. The van der Waals surface area contributed by atoms with Crippen molar-refractivity contribution in [2.24, 2.45) is 17.1 Å². The lowest BCUT2D eigenvalue weighted by Gasteiger charge is -2.33. The van der Waals surface area contributed by atoms with Gasteiger partial charge in [0.25, 0.3) is 0 Å². The summed E-state index contributed by atoms with van der Waals surface area (Å²) in [6, 6.07) is 9.28. The van der Waals surface area contributed by atoms with Crippen LogP contribution in [-0.4, -0.2) is 59.9 Å². The number of aromatic nitrogens is 1. The number of nitrogens with zero attached hydrogens (tertiary/aromatic N) is 2. The molecule has 36 heavy (non-hydrogen) atoms. The Kier molecular flexibility index (Phi) is 9.84. The van der Waals surface area contributed by atoms with E-state index in [1.165, 1.54) is 0 Å². The zero-order valence-electron chi connectivity index (χ0n) is 22.4. The Morgan fingerprint density at radius 1 is 1.14 bits per heavy atom. The standard InChI is InChI=1S/C27H40N4O5/c1-18(15-28)14-27(5,24(32)36-26(2,3)4)17-35-22-9-8-19(12-21(22)16-31(6)7)20-10-11-29-23(13-20)30-25(33)34/h8-13,18H,14-17,28H2,1-7H3,(H,29,30)(H,33,34). The molecule has 0 aliphatic rings. The molecular formula is C27H40N4O5. The Morgan fingerprint density at radius 3 is 2.39 bits per heavy atom. The molecule has 1 heterocycles. The van der Waals surface area contributed by atoms with Crippen LogP contribution < -0.4 is 15.8 Å². The van der Waals surface area contributed by atoms with E-state index < -0.39 is 17.1 Å². The van der Waals surface area contributed by atoms with Crippen LogP contribution in [0.25, 0.3) is 11.1 Å². The third kappa shape index (κ3) is 8.80. The van der Waals surface area contributed by atoms with Crippen LogP contribution in [0.5, 0.6) is 5.75 Å². The van der Waals surface area contributed by atoms with E-state index in [1.807, 2.05) is 77.9 Å². The average molecular weight is 501 g/mol. The minimum Gasteiger partial charge on any atom is -0.492 e. The summed E-state index contributed by atoms with van der Waals surface area (Å²) in [5.41, 5.74) is 7.02. The van der Waals surface area contributed by atoms with E-state index in [0.29, 0.717) is 25.3 Å². The number of anilines is 1. The summed E-state index contributed by atoms with van der Waals surface area (Å²) in [5, 5.41) is 11.3. The van der Waals surface area contributed by atoms with Gasteiger partial charge in [0.05, 0.1) is 5.41 Å². The summed E-state index contributed by atoms with van der Waals surface area (Å²) in [5.74, 6) is 0.726. The van der Waals surface area contributed by atoms with Gasteiger partial charge in [-0.15, -0.1) is 0 Å². The van der Waals surface area contributed by atoms with Crippen LogP contribution in [-0.2, 0) is 16.1 Å². The average Bonchev–Trinajstić information content (AvgIpc) is 2.76. The largest absolute Gasteiger partial charge is 0.492 e. The molecule has 9 nitrogen and oxygen atoms in total. The number of amides is 1. The number of ether oxygens (including phenoxy) is 2. The highest BCUT2D eigenvalue weighted by Gasteiger charge is 2.39. The molecule has 1 aromatic heterocycles. The van der Waals surface area contributed by atoms with E-state index in [2.05, 4.69) is 10.3 Å². The van der Waals surface area contributed by atoms with Gasteiger partial charge in [-0.3, -0.25) is 10.1 Å². The number of hydrogen-bond acceptors (Lipinski definition) is 7. The van der Waals surface area contributed by atoms with Crippen molar-refractivity contribution in [2.75, 3.05) is 32.6 Å². The number of nitrogens with one attached hydrogen (secondary N) is 1. The maximum absolute atomic E-state index is 13.2. The summed E-state index contributed by atoms with van der Waals surface area (Å²) in [4.78, 5) is 30.2. The summed E-state index contributed by atoms with van der Waals surface area (Å²) in [6.07, 6.45) is 0.922. The second-order valence-electron chi connectivity index (χ2n) is 10.8. The van der Waals surface area contributed by atoms with Crippen molar-refractivity contribution in [1.29, 1.82) is 0 Å². The number of benzene rings is 1. The molecule has 1 amide bonds. The molecule has 4 N–H and O–H groups in total. The van der Waals surface area contributed by atoms with Gasteiger partial charge in [-0.2, -0.15) is 0 Å². The molecule has 1 aromatic carbocycles. The number of nitrogens with two attached hydrogens (primary N) is 1. The highest BCUT2D eigenvalue weighted by molar-refractivity contribution is 5.83. The van der Waals surface area contributed by atoms with Crippen LogP contribution in [0.15, 0.2) is 36.5 Å². The number of pyridine rings is 1. The topological polar surface area (TPSA) is 127 Å². The number of rotatable bonds is 11. The number of carboxylic acid groups (broad SMARTS) is 1. The van der Waals surface area contributed by atoms with E-state index in [0.717, 1.165) is 16.7 Å². The molecule has 0 aliphatic carbocycles. The molecule has 9 heteroatoms. The minimum absolute atomic E-state index is 0.120. The zero-order chi connectivity index (χ0) is 27.1. The first kappa shape index (κ1) is 29.1. The van der Waals surface area contributed by atoms with Crippen molar-refractivity contribution in [2.45, 2.75) is 53.2 Å². The third-order valence-electron chi connectivity index (χ3n) is 5.51. The summed E-state index contributed by atoms with van der Waals surface area (Å²) in [6.45, 7) is 10.6. The van der Waals surface area contributed by atoms with Crippen LogP contribution in [0.4, 0.5) is 10.6 Å². The van der Waals surface area contributed by atoms with Crippen LogP contribution in [0.1, 0.15) is 46.6 Å². The smallest absolute Gasteiger partial charge is 0.410 e. The van der Waals surface area contributed by atoms with Gasteiger partial charge in [-0.05, 0) is 96.1 Å². The minimum atomic E-state index is -1.17. The molecule has 0 bridgehead atoms. The van der Waals surface area contributed by atoms with Crippen LogP contribution >= 0.6 is 0 Å². The lowest BCUT2D eigenvalue weighted by molar-refractivity contribution is -0.169. The fraction of sp³-hybridized carbons (Fsp3) is 0.519. The lowest BCUT2D eigenvalue weighted by atomic mass is 9.82. The van der Waals surface area contributed by atoms with E-state index in [4.69, 9.17) is 20.3 Å². The first-order valence-corrected chi connectivity index (χ1v) is 12.0. The zero-order valence-corrected chi connectivity index (χ0v) is 22.4. The molecule has 0 aliphatic heterocycles. The molecule has 2 unspecified atom stereocenters. The molecule has 0 radical (unpaired) electrons. The number of esters is 1. The monoisotopic (exact) mass is 500 g/mol. The molecule has 0 saturated carbocycles. The normalized spacial score (nSPS) is 14.1. The van der Waals surface area contributed by atoms with E-state index in [-0.39, 0.29) is 24.3 Å². The van der Waals surface area contributed by atoms with E-state index in [9.17, 15) is 9.59 Å². The summed E-state index contributed by atoms with van der Waals surface area (Å²) >= 11 is 0. The fourth-order valence-corrected chi connectivity index (χ4v) is 3.84. The number of carbonyl (C=O) groups is 2. The molecule has 0 spiro atoms. The van der Waals surface area contributed by atoms with Gasteiger partial charge in [0.2, 0.25) is 0 Å². The van der Waals surface area contributed by atoms with Crippen LogP contribution in [0, 0.1) is 11.3 Å². The maximum atomic E-state index is 13.2. The molecule has 0 fully saturated rings. The number of carbonyl (C=O) groups excluding carboxylic acids is 1. The molecular weight excluding hydrogens is 460 g/mol. The SMILES string of the molecule is CC(CN)CC(C)(COc1ccc(-c2ccnc(NC(=O)O)c2)cc1CN(C)C)C(=O)OC(C)(C)C. The van der Waals surface area contributed by atoms with Crippen molar-refractivity contribution in [3.05, 3.63) is 42.1 Å². The molecule has 0 saturated heterocycles. The van der Waals surface area contributed by atoms with Crippen molar-refractivity contribution in [1.82, 2.24) is 9.88 Å². The van der Waals surface area contributed by atoms with Crippen molar-refractivity contribution < 1.29 is 24.2 Å². The van der Waals surface area contributed by atoms with Crippen LogP contribution in [0.2, 0.25) is 0 Å². The maximum Gasteiger partial charge on any atom is 0.410 e. The lowest BCUT2D eigenvalue weighted by Crippen LogP contribution is -2.41. The van der Waals surface area contributed by atoms with Gasteiger partial charge in [0.15, 0.2) is 0 Å². The van der Waals surface area contributed by atoms with Gasteiger partial charge < -0.3 is 25.2 Å². The van der Waals surface area contributed by atoms with Gasteiger partial charge in [0, 0.05) is 18.3 Å². The molecule has 2 aromatic rings.